The van der Waals surface area contributed by atoms with E-state index in [4.69, 9.17) is 5.73 Å². The van der Waals surface area contributed by atoms with Crippen molar-refractivity contribution in [3.05, 3.63) is 53.7 Å². The number of aromatic nitrogens is 4. The number of rotatable bonds is 3. The predicted molar refractivity (Wildman–Crippen MR) is 73.8 cm³/mol. The fraction of sp³-hybridized carbons (Fsp3) is 0.214. The molecular weight excluding hydrogens is 238 g/mol. The summed E-state index contributed by atoms with van der Waals surface area (Å²) in [4.78, 5) is 4.27. The average Bonchev–Trinajstić information content (AvgIpc) is 2.80. The number of fused-ring (bicyclic) bond motifs is 1. The van der Waals surface area contributed by atoms with Gasteiger partial charge in [-0.1, -0.05) is 18.2 Å². The molecule has 0 aliphatic rings. The summed E-state index contributed by atoms with van der Waals surface area (Å²) in [5.74, 6) is 0.908. The Balaban J connectivity index is 1.84. The van der Waals surface area contributed by atoms with Gasteiger partial charge in [-0.3, -0.25) is 4.40 Å². The number of benzene rings is 1. The van der Waals surface area contributed by atoms with Gasteiger partial charge in [0.2, 0.25) is 0 Å². The molecule has 0 atom stereocenters. The van der Waals surface area contributed by atoms with Gasteiger partial charge >= 0.3 is 0 Å². The van der Waals surface area contributed by atoms with Gasteiger partial charge in [0.05, 0.1) is 0 Å². The van der Waals surface area contributed by atoms with Crippen molar-refractivity contribution in [1.29, 1.82) is 0 Å². The molecule has 5 heteroatoms. The Morgan fingerprint density at radius 2 is 2.00 bits per heavy atom. The Morgan fingerprint density at radius 1 is 1.16 bits per heavy atom. The van der Waals surface area contributed by atoms with Crippen LogP contribution in [0.1, 0.15) is 17.1 Å². The van der Waals surface area contributed by atoms with Crippen LogP contribution in [0.2, 0.25) is 0 Å². The lowest BCUT2D eigenvalue weighted by atomic mass is 10.1. The Labute approximate surface area is 111 Å². The van der Waals surface area contributed by atoms with Crippen LogP contribution in [0.5, 0.6) is 0 Å². The second-order valence-corrected chi connectivity index (χ2v) is 4.57. The smallest absolute Gasteiger partial charge is 0.163 e. The Morgan fingerprint density at radius 3 is 2.84 bits per heavy atom. The maximum atomic E-state index is 5.94. The minimum absolute atomic E-state index is 0.792. The normalized spacial score (nSPS) is 11.0. The summed E-state index contributed by atoms with van der Waals surface area (Å²) < 4.78 is 1.92. The molecule has 0 spiro atoms. The number of nitrogens with zero attached hydrogens (tertiary/aromatic N) is 4. The molecule has 0 radical (unpaired) electrons. The van der Waals surface area contributed by atoms with Crippen molar-refractivity contribution in [2.24, 2.45) is 0 Å². The molecule has 2 heterocycles. The van der Waals surface area contributed by atoms with Crippen LogP contribution in [0.25, 0.3) is 5.65 Å². The lowest BCUT2D eigenvalue weighted by Gasteiger charge is -2.04. The van der Waals surface area contributed by atoms with Crippen molar-refractivity contribution >= 4 is 11.3 Å². The number of nitrogens with two attached hydrogens (primary N) is 1. The molecule has 3 aromatic rings. The minimum atomic E-state index is 0.792. The summed E-state index contributed by atoms with van der Waals surface area (Å²) in [5.41, 5.74) is 9.68. The van der Waals surface area contributed by atoms with Crippen LogP contribution in [-0.2, 0) is 12.8 Å². The van der Waals surface area contributed by atoms with Gasteiger partial charge in [-0.2, -0.15) is 0 Å². The molecule has 2 aromatic heterocycles. The van der Waals surface area contributed by atoms with E-state index in [1.54, 1.807) is 6.33 Å². The Kier molecular flexibility index (Phi) is 2.87. The topological polar surface area (TPSA) is 69.1 Å². The van der Waals surface area contributed by atoms with Crippen molar-refractivity contribution in [3.63, 3.8) is 0 Å². The largest absolute Gasteiger partial charge is 0.399 e. The molecule has 0 aliphatic carbocycles. The molecule has 0 unspecified atom stereocenters. The van der Waals surface area contributed by atoms with Crippen LogP contribution < -0.4 is 5.73 Å². The highest BCUT2D eigenvalue weighted by Crippen LogP contribution is 2.14. The number of hydrogen-bond donors (Lipinski definition) is 1. The molecule has 19 heavy (non-hydrogen) atoms. The number of anilines is 1. The van der Waals surface area contributed by atoms with Gasteiger partial charge in [-0.15, -0.1) is 10.2 Å². The lowest BCUT2D eigenvalue weighted by molar-refractivity contribution is 0.831. The van der Waals surface area contributed by atoms with E-state index in [1.807, 2.05) is 41.7 Å². The van der Waals surface area contributed by atoms with Crippen molar-refractivity contribution in [2.45, 2.75) is 19.8 Å². The van der Waals surface area contributed by atoms with Crippen molar-refractivity contribution in [2.75, 3.05) is 5.73 Å². The first-order valence-electron chi connectivity index (χ1n) is 6.23. The molecule has 2 N–H and O–H groups in total. The van der Waals surface area contributed by atoms with Crippen molar-refractivity contribution < 1.29 is 0 Å². The minimum Gasteiger partial charge on any atom is -0.399 e. The van der Waals surface area contributed by atoms with Gasteiger partial charge < -0.3 is 5.73 Å². The van der Waals surface area contributed by atoms with Gasteiger partial charge in [-0.05, 0) is 25.0 Å². The third kappa shape index (κ3) is 2.27. The fourth-order valence-corrected chi connectivity index (χ4v) is 2.11. The molecule has 0 saturated carbocycles. The third-order valence-corrected chi connectivity index (χ3v) is 3.18. The first-order valence-corrected chi connectivity index (χ1v) is 6.23. The van der Waals surface area contributed by atoms with E-state index >= 15 is 0 Å². The second kappa shape index (κ2) is 4.68. The van der Waals surface area contributed by atoms with Crippen LogP contribution in [0, 0.1) is 6.92 Å². The van der Waals surface area contributed by atoms with Crippen LogP contribution in [0.4, 0.5) is 5.69 Å². The average molecular weight is 253 g/mol. The predicted octanol–water partition coefficient (Wildman–Crippen LogP) is 1.80. The Bertz CT molecular complexity index is 717. The van der Waals surface area contributed by atoms with Crippen molar-refractivity contribution in [3.8, 4) is 0 Å². The van der Waals surface area contributed by atoms with Gasteiger partial charge in [0.15, 0.2) is 5.65 Å². The SMILES string of the molecule is Cc1cc2nnc(CCc3ccccc3N)n2cn1. The van der Waals surface area contributed by atoms with Crippen molar-refractivity contribution in [1.82, 2.24) is 19.6 Å². The summed E-state index contributed by atoms with van der Waals surface area (Å²) in [6.07, 6.45) is 3.41. The molecular formula is C14H15N5. The monoisotopic (exact) mass is 253 g/mol. The lowest BCUT2D eigenvalue weighted by Crippen LogP contribution is -2.01. The van der Waals surface area contributed by atoms with E-state index in [1.165, 1.54) is 0 Å². The number of para-hydroxylation sites is 1. The van der Waals surface area contributed by atoms with Crippen LogP contribution in [0.3, 0.4) is 0 Å². The van der Waals surface area contributed by atoms with E-state index < -0.39 is 0 Å². The quantitative estimate of drug-likeness (QED) is 0.723. The third-order valence-electron chi connectivity index (χ3n) is 3.18. The van der Waals surface area contributed by atoms with E-state index in [2.05, 4.69) is 15.2 Å². The highest BCUT2D eigenvalue weighted by Gasteiger charge is 2.07. The maximum absolute atomic E-state index is 5.94. The van der Waals surface area contributed by atoms with Crippen LogP contribution in [-0.4, -0.2) is 19.6 Å². The summed E-state index contributed by atoms with van der Waals surface area (Å²) in [5, 5.41) is 8.37. The molecule has 0 amide bonds. The molecule has 0 bridgehead atoms. The van der Waals surface area contributed by atoms with E-state index in [-0.39, 0.29) is 0 Å². The van der Waals surface area contributed by atoms with Gasteiger partial charge in [0.25, 0.3) is 0 Å². The van der Waals surface area contributed by atoms with E-state index in [0.717, 1.165) is 41.3 Å². The Hall–Kier alpha value is -2.43. The summed E-state index contributed by atoms with van der Waals surface area (Å²) in [6.45, 7) is 1.94. The summed E-state index contributed by atoms with van der Waals surface area (Å²) >= 11 is 0. The molecule has 96 valence electrons. The van der Waals surface area contributed by atoms with Crippen LogP contribution >= 0.6 is 0 Å². The van der Waals surface area contributed by atoms with Gasteiger partial charge in [0, 0.05) is 23.9 Å². The maximum Gasteiger partial charge on any atom is 0.163 e. The molecule has 0 aliphatic heterocycles. The van der Waals surface area contributed by atoms with E-state index in [9.17, 15) is 0 Å². The molecule has 0 saturated heterocycles. The zero-order chi connectivity index (χ0) is 13.2. The fourth-order valence-electron chi connectivity index (χ4n) is 2.11. The number of aryl methyl sites for hydroxylation is 3. The number of nitrogen functional groups attached to an aromatic ring is 1. The second-order valence-electron chi connectivity index (χ2n) is 4.57. The van der Waals surface area contributed by atoms with E-state index in [0.29, 0.717) is 0 Å². The zero-order valence-corrected chi connectivity index (χ0v) is 10.7. The van der Waals surface area contributed by atoms with Gasteiger partial charge in [-0.25, -0.2) is 4.98 Å². The first-order chi connectivity index (χ1) is 9.24. The number of hydrogen-bond acceptors (Lipinski definition) is 4. The van der Waals surface area contributed by atoms with Crippen LogP contribution in [0.15, 0.2) is 36.7 Å². The first kappa shape index (κ1) is 11.6. The highest BCUT2D eigenvalue weighted by molar-refractivity contribution is 5.46. The molecule has 5 nitrogen and oxygen atoms in total. The summed E-state index contributed by atoms with van der Waals surface area (Å²) in [7, 11) is 0. The molecule has 0 fully saturated rings. The summed E-state index contributed by atoms with van der Waals surface area (Å²) in [6, 6.07) is 9.83. The zero-order valence-electron chi connectivity index (χ0n) is 10.7. The standard InChI is InChI=1S/C14H15N5/c1-10-8-14-18-17-13(19(14)9-16-10)7-6-11-4-2-3-5-12(11)15/h2-5,8-9H,6-7,15H2,1H3. The molecule has 1 aromatic carbocycles. The molecule has 3 rings (SSSR count). The highest BCUT2D eigenvalue weighted by atomic mass is 15.3. The van der Waals surface area contributed by atoms with Gasteiger partial charge in [0.1, 0.15) is 12.2 Å².